The lowest BCUT2D eigenvalue weighted by atomic mass is 10.1. The molecule has 0 saturated carbocycles. The number of anilines is 1. The number of nitriles is 1. The highest BCUT2D eigenvalue weighted by atomic mass is 16.4. The van der Waals surface area contributed by atoms with Crippen molar-refractivity contribution in [2.75, 3.05) is 18.0 Å². The molecule has 1 heterocycles. The van der Waals surface area contributed by atoms with Gasteiger partial charge in [0.05, 0.1) is 11.1 Å². The van der Waals surface area contributed by atoms with E-state index in [0.717, 1.165) is 24.9 Å². The fourth-order valence-electron chi connectivity index (χ4n) is 2.14. The number of aldehydes is 1. The molecule has 1 fully saturated rings. The van der Waals surface area contributed by atoms with Gasteiger partial charge < -0.3 is 14.8 Å². The molecule has 0 spiro atoms. The maximum absolute atomic E-state index is 10.9. The molecule has 0 amide bonds. The van der Waals surface area contributed by atoms with E-state index in [9.17, 15) is 9.59 Å². The van der Waals surface area contributed by atoms with E-state index in [1.54, 1.807) is 12.1 Å². The lowest BCUT2D eigenvalue weighted by molar-refractivity contribution is -0.110. The third-order valence-corrected chi connectivity index (χ3v) is 3.14. The first kappa shape index (κ1) is 12.1. The number of aromatic carboxylic acids is 1. The summed E-state index contributed by atoms with van der Waals surface area (Å²) in [6.45, 7) is 1.38. The summed E-state index contributed by atoms with van der Waals surface area (Å²) in [7, 11) is 0. The fourth-order valence-corrected chi connectivity index (χ4v) is 2.14. The number of carbonyl (C=O) groups excluding carboxylic acids is 1. The van der Waals surface area contributed by atoms with Gasteiger partial charge >= 0.3 is 5.97 Å². The lowest BCUT2D eigenvalue weighted by Gasteiger charge is -2.18. The van der Waals surface area contributed by atoms with Crippen LogP contribution < -0.4 is 4.90 Å². The van der Waals surface area contributed by atoms with E-state index in [1.165, 1.54) is 6.07 Å². The van der Waals surface area contributed by atoms with Gasteiger partial charge in [0.15, 0.2) is 0 Å². The Kier molecular flexibility index (Phi) is 3.28. The maximum Gasteiger partial charge on any atom is 0.337 e. The van der Waals surface area contributed by atoms with Crippen molar-refractivity contribution in [2.45, 2.75) is 6.42 Å². The number of benzene rings is 1. The summed E-state index contributed by atoms with van der Waals surface area (Å²) >= 11 is 0. The van der Waals surface area contributed by atoms with Gasteiger partial charge in [0, 0.05) is 24.7 Å². The molecular formula is C13H12N2O3. The summed E-state index contributed by atoms with van der Waals surface area (Å²) < 4.78 is 0. The number of rotatable bonds is 3. The largest absolute Gasteiger partial charge is 0.478 e. The Morgan fingerprint density at radius 1 is 1.56 bits per heavy atom. The minimum atomic E-state index is -1.11. The molecule has 0 bridgehead atoms. The van der Waals surface area contributed by atoms with Crippen LogP contribution in [0.3, 0.4) is 0 Å². The lowest BCUT2D eigenvalue weighted by Crippen LogP contribution is -2.20. The van der Waals surface area contributed by atoms with E-state index in [2.05, 4.69) is 0 Å². The van der Waals surface area contributed by atoms with Crippen LogP contribution in [0.1, 0.15) is 22.3 Å². The minimum Gasteiger partial charge on any atom is -0.478 e. The predicted octanol–water partition coefficient (Wildman–Crippen LogP) is 1.28. The average molecular weight is 244 g/mol. The summed E-state index contributed by atoms with van der Waals surface area (Å²) in [5, 5.41) is 17.9. The van der Waals surface area contributed by atoms with Gasteiger partial charge in [0.1, 0.15) is 12.4 Å². The summed E-state index contributed by atoms with van der Waals surface area (Å²) in [5.74, 6) is -1.08. The molecule has 0 unspecified atom stereocenters. The zero-order chi connectivity index (χ0) is 13.1. The topological polar surface area (TPSA) is 81.4 Å². The van der Waals surface area contributed by atoms with Crippen molar-refractivity contribution >= 4 is 17.9 Å². The molecule has 18 heavy (non-hydrogen) atoms. The number of carboxylic acids is 1. The summed E-state index contributed by atoms with van der Waals surface area (Å²) in [6.07, 6.45) is 1.74. The summed E-state index contributed by atoms with van der Waals surface area (Å²) in [5.41, 5.74) is 0.947. The average Bonchev–Trinajstić information content (AvgIpc) is 2.86. The fraction of sp³-hybridized carbons (Fsp3) is 0.308. The number of hydrogen-bond acceptors (Lipinski definition) is 4. The van der Waals surface area contributed by atoms with E-state index in [0.29, 0.717) is 6.54 Å². The third-order valence-electron chi connectivity index (χ3n) is 3.14. The molecule has 5 nitrogen and oxygen atoms in total. The van der Waals surface area contributed by atoms with Gasteiger partial charge in [0.2, 0.25) is 0 Å². The molecule has 2 rings (SSSR count). The van der Waals surface area contributed by atoms with E-state index in [-0.39, 0.29) is 17.0 Å². The van der Waals surface area contributed by atoms with Crippen LogP contribution in [0.5, 0.6) is 0 Å². The molecule has 1 aliphatic rings. The first-order valence-electron chi connectivity index (χ1n) is 5.63. The van der Waals surface area contributed by atoms with Gasteiger partial charge in [-0.05, 0) is 24.6 Å². The van der Waals surface area contributed by atoms with Gasteiger partial charge in [-0.1, -0.05) is 0 Å². The van der Waals surface area contributed by atoms with E-state index in [4.69, 9.17) is 10.4 Å². The number of hydrogen-bond donors (Lipinski definition) is 1. The Labute approximate surface area is 104 Å². The molecule has 1 atom stereocenters. The van der Waals surface area contributed by atoms with Crippen molar-refractivity contribution in [2.24, 2.45) is 5.92 Å². The highest BCUT2D eigenvalue weighted by molar-refractivity contribution is 5.91. The summed E-state index contributed by atoms with van der Waals surface area (Å²) in [4.78, 5) is 23.6. The van der Waals surface area contributed by atoms with Crippen LogP contribution >= 0.6 is 0 Å². The summed E-state index contributed by atoms with van der Waals surface area (Å²) in [6, 6.07) is 6.57. The van der Waals surface area contributed by atoms with Crippen molar-refractivity contribution in [3.05, 3.63) is 29.3 Å². The van der Waals surface area contributed by atoms with Crippen LogP contribution in [-0.4, -0.2) is 30.5 Å². The van der Waals surface area contributed by atoms with Crippen molar-refractivity contribution in [1.82, 2.24) is 0 Å². The molecule has 1 N–H and O–H groups in total. The van der Waals surface area contributed by atoms with Crippen LogP contribution in [0.4, 0.5) is 5.69 Å². The van der Waals surface area contributed by atoms with Crippen LogP contribution in [0.25, 0.3) is 0 Å². The van der Waals surface area contributed by atoms with Crippen LogP contribution in [0.15, 0.2) is 18.2 Å². The Morgan fingerprint density at radius 2 is 2.33 bits per heavy atom. The minimum absolute atomic E-state index is 0.00684. The maximum atomic E-state index is 10.9. The van der Waals surface area contributed by atoms with E-state index < -0.39 is 5.97 Å². The smallest absolute Gasteiger partial charge is 0.337 e. The van der Waals surface area contributed by atoms with Gasteiger partial charge in [-0.3, -0.25) is 0 Å². The standard InChI is InChI=1S/C13H12N2O3/c14-6-10-5-11(1-2-12(10)13(17)18)15-4-3-9(7-15)8-16/h1-2,5,8-9H,3-4,7H2,(H,17,18)/t9-/m1/s1. The van der Waals surface area contributed by atoms with Gasteiger partial charge in [0.25, 0.3) is 0 Å². The zero-order valence-corrected chi connectivity index (χ0v) is 9.67. The molecule has 92 valence electrons. The van der Waals surface area contributed by atoms with Gasteiger partial charge in [-0.25, -0.2) is 4.79 Å². The van der Waals surface area contributed by atoms with Crippen molar-refractivity contribution in [3.8, 4) is 6.07 Å². The molecule has 1 saturated heterocycles. The normalized spacial score (nSPS) is 18.4. The van der Waals surface area contributed by atoms with Crippen molar-refractivity contribution in [3.63, 3.8) is 0 Å². The SMILES string of the molecule is N#Cc1cc(N2CC[C@@H](C=O)C2)ccc1C(=O)O. The van der Waals surface area contributed by atoms with Gasteiger partial charge in [-0.2, -0.15) is 5.26 Å². The van der Waals surface area contributed by atoms with Crippen LogP contribution in [0, 0.1) is 17.2 Å². The van der Waals surface area contributed by atoms with E-state index in [1.807, 2.05) is 11.0 Å². The molecule has 0 radical (unpaired) electrons. The number of nitrogens with zero attached hydrogens (tertiary/aromatic N) is 2. The van der Waals surface area contributed by atoms with Gasteiger partial charge in [-0.15, -0.1) is 0 Å². The van der Waals surface area contributed by atoms with Crippen molar-refractivity contribution < 1.29 is 14.7 Å². The monoisotopic (exact) mass is 244 g/mol. The molecule has 1 aliphatic heterocycles. The molecule has 0 aliphatic carbocycles. The quantitative estimate of drug-likeness (QED) is 0.810. The first-order chi connectivity index (χ1) is 8.65. The predicted molar refractivity (Wildman–Crippen MR) is 64.5 cm³/mol. The molecule has 5 heteroatoms. The molecule has 1 aromatic carbocycles. The Bertz CT molecular complexity index is 534. The Balaban J connectivity index is 2.29. The molecule has 1 aromatic rings. The Morgan fingerprint density at radius 3 is 2.89 bits per heavy atom. The van der Waals surface area contributed by atoms with E-state index >= 15 is 0 Å². The first-order valence-corrected chi connectivity index (χ1v) is 5.63. The number of carbonyl (C=O) groups is 2. The number of carboxylic acid groups (broad SMARTS) is 1. The second-order valence-corrected chi connectivity index (χ2v) is 4.28. The Hall–Kier alpha value is -2.35. The highest BCUT2D eigenvalue weighted by Gasteiger charge is 2.23. The molecule has 0 aromatic heterocycles. The second-order valence-electron chi connectivity index (χ2n) is 4.28. The highest BCUT2D eigenvalue weighted by Crippen LogP contribution is 2.25. The van der Waals surface area contributed by atoms with Crippen LogP contribution in [0.2, 0.25) is 0 Å². The molecular weight excluding hydrogens is 232 g/mol. The third kappa shape index (κ3) is 2.18. The zero-order valence-electron chi connectivity index (χ0n) is 9.67. The van der Waals surface area contributed by atoms with Crippen molar-refractivity contribution in [1.29, 1.82) is 5.26 Å². The van der Waals surface area contributed by atoms with Crippen LogP contribution in [-0.2, 0) is 4.79 Å². The second kappa shape index (κ2) is 4.88.